The van der Waals surface area contributed by atoms with Gasteiger partial charge in [0.25, 0.3) is 0 Å². The lowest BCUT2D eigenvalue weighted by Gasteiger charge is -2.23. The first-order chi connectivity index (χ1) is 7.86. The molecule has 0 bridgehead atoms. The summed E-state index contributed by atoms with van der Waals surface area (Å²) >= 11 is 0. The Morgan fingerprint density at radius 2 is 2.19 bits per heavy atom. The van der Waals surface area contributed by atoms with Crippen LogP contribution in [0.25, 0.3) is 0 Å². The molecule has 0 unspecified atom stereocenters. The number of imidazole rings is 1. The largest absolute Gasteiger partial charge is 0.327 e. The van der Waals surface area contributed by atoms with Crippen molar-refractivity contribution in [2.45, 2.75) is 18.9 Å². The van der Waals surface area contributed by atoms with Gasteiger partial charge in [-0.25, -0.2) is 4.98 Å². The average Bonchev–Trinajstić information content (AvgIpc) is 2.83. The summed E-state index contributed by atoms with van der Waals surface area (Å²) in [6.07, 6.45) is 7.12. The fourth-order valence-electron chi connectivity index (χ4n) is 2.32. The lowest BCUT2D eigenvalue weighted by atomic mass is 9.87. The molecule has 1 aromatic carbocycles. The van der Waals surface area contributed by atoms with Gasteiger partial charge in [-0.3, -0.25) is 4.79 Å². The SMILES string of the molecule is O=C1c2ccccc2CC[C@@H]1n1ccnc1. The number of aryl methyl sites for hydroxylation is 1. The molecule has 3 rings (SSSR count). The summed E-state index contributed by atoms with van der Waals surface area (Å²) in [5.74, 6) is 0.208. The van der Waals surface area contributed by atoms with E-state index in [4.69, 9.17) is 0 Å². The molecule has 0 amide bonds. The highest BCUT2D eigenvalue weighted by Crippen LogP contribution is 2.28. The first kappa shape index (κ1) is 9.33. The van der Waals surface area contributed by atoms with Crippen molar-refractivity contribution in [1.82, 2.24) is 9.55 Å². The van der Waals surface area contributed by atoms with Gasteiger partial charge in [-0.15, -0.1) is 0 Å². The van der Waals surface area contributed by atoms with Gasteiger partial charge in [-0.05, 0) is 18.4 Å². The van der Waals surface area contributed by atoms with Crippen molar-refractivity contribution >= 4 is 5.78 Å². The Morgan fingerprint density at radius 1 is 1.31 bits per heavy atom. The number of Topliss-reactive ketones (excluding diaryl/α,β-unsaturated/α-hetero) is 1. The van der Waals surface area contributed by atoms with Crippen LogP contribution >= 0.6 is 0 Å². The topological polar surface area (TPSA) is 34.9 Å². The van der Waals surface area contributed by atoms with Crippen LogP contribution in [0, 0.1) is 0 Å². The van der Waals surface area contributed by atoms with Gasteiger partial charge < -0.3 is 4.57 Å². The van der Waals surface area contributed by atoms with Crippen LogP contribution in [0.2, 0.25) is 0 Å². The summed E-state index contributed by atoms with van der Waals surface area (Å²) in [4.78, 5) is 16.3. The van der Waals surface area contributed by atoms with Gasteiger partial charge in [0.15, 0.2) is 5.78 Å². The Kier molecular flexibility index (Phi) is 2.10. The number of carbonyl (C=O) groups excluding carboxylic acids is 1. The molecule has 1 atom stereocenters. The summed E-state index contributed by atoms with van der Waals surface area (Å²) < 4.78 is 1.90. The highest BCUT2D eigenvalue weighted by molar-refractivity contribution is 6.01. The summed E-state index contributed by atoms with van der Waals surface area (Å²) in [6, 6.07) is 7.80. The van der Waals surface area contributed by atoms with Crippen molar-refractivity contribution < 1.29 is 4.79 Å². The van der Waals surface area contributed by atoms with Gasteiger partial charge in [-0.1, -0.05) is 24.3 Å². The van der Waals surface area contributed by atoms with Crippen molar-refractivity contribution in [3.8, 4) is 0 Å². The van der Waals surface area contributed by atoms with E-state index in [0.717, 1.165) is 18.4 Å². The van der Waals surface area contributed by atoms with Crippen LogP contribution in [0.15, 0.2) is 43.0 Å². The minimum Gasteiger partial charge on any atom is -0.327 e. The summed E-state index contributed by atoms with van der Waals surface area (Å²) in [5, 5.41) is 0. The van der Waals surface area contributed by atoms with Crippen LogP contribution in [0.3, 0.4) is 0 Å². The molecule has 0 aliphatic heterocycles. The van der Waals surface area contributed by atoms with Crippen LogP contribution < -0.4 is 0 Å². The van der Waals surface area contributed by atoms with Gasteiger partial charge >= 0.3 is 0 Å². The van der Waals surface area contributed by atoms with Crippen molar-refractivity contribution in [3.05, 3.63) is 54.1 Å². The summed E-state index contributed by atoms with van der Waals surface area (Å²) in [7, 11) is 0. The molecule has 0 N–H and O–H groups in total. The Balaban J connectivity index is 2.01. The summed E-state index contributed by atoms with van der Waals surface area (Å²) in [6.45, 7) is 0. The minimum atomic E-state index is -0.0719. The highest BCUT2D eigenvalue weighted by Gasteiger charge is 2.27. The number of hydrogen-bond acceptors (Lipinski definition) is 2. The fraction of sp³-hybridized carbons (Fsp3) is 0.231. The molecule has 0 fully saturated rings. The second-order valence-corrected chi connectivity index (χ2v) is 4.09. The third-order valence-electron chi connectivity index (χ3n) is 3.16. The fourth-order valence-corrected chi connectivity index (χ4v) is 2.32. The predicted molar refractivity (Wildman–Crippen MR) is 60.4 cm³/mol. The van der Waals surface area contributed by atoms with Crippen LogP contribution in [0.1, 0.15) is 28.4 Å². The molecule has 0 radical (unpaired) electrons. The molecule has 16 heavy (non-hydrogen) atoms. The molecule has 3 heteroatoms. The smallest absolute Gasteiger partial charge is 0.185 e. The van der Waals surface area contributed by atoms with Gasteiger partial charge in [0, 0.05) is 18.0 Å². The molecular weight excluding hydrogens is 200 g/mol. The van der Waals surface area contributed by atoms with Gasteiger partial charge in [-0.2, -0.15) is 0 Å². The number of aromatic nitrogens is 2. The van der Waals surface area contributed by atoms with Gasteiger partial charge in [0.2, 0.25) is 0 Å². The molecule has 2 aromatic rings. The maximum atomic E-state index is 12.3. The van der Waals surface area contributed by atoms with E-state index in [0.29, 0.717) is 0 Å². The van der Waals surface area contributed by atoms with Crippen LogP contribution in [0.4, 0.5) is 0 Å². The highest BCUT2D eigenvalue weighted by atomic mass is 16.1. The maximum absolute atomic E-state index is 12.3. The normalized spacial score (nSPS) is 19.5. The van der Waals surface area contributed by atoms with Crippen molar-refractivity contribution in [2.24, 2.45) is 0 Å². The number of carbonyl (C=O) groups is 1. The number of rotatable bonds is 1. The van der Waals surface area contributed by atoms with E-state index in [2.05, 4.69) is 4.98 Å². The molecule has 1 heterocycles. The lowest BCUT2D eigenvalue weighted by Crippen LogP contribution is -2.24. The number of benzene rings is 1. The zero-order valence-electron chi connectivity index (χ0n) is 8.84. The first-order valence-corrected chi connectivity index (χ1v) is 5.46. The second-order valence-electron chi connectivity index (χ2n) is 4.09. The Morgan fingerprint density at radius 3 is 3.00 bits per heavy atom. The first-order valence-electron chi connectivity index (χ1n) is 5.46. The zero-order chi connectivity index (χ0) is 11.0. The lowest BCUT2D eigenvalue weighted by molar-refractivity contribution is 0.0908. The van der Waals surface area contributed by atoms with E-state index in [9.17, 15) is 4.79 Å². The number of ketones is 1. The van der Waals surface area contributed by atoms with Gasteiger partial charge in [0.05, 0.1) is 12.4 Å². The van der Waals surface area contributed by atoms with E-state index < -0.39 is 0 Å². The number of fused-ring (bicyclic) bond motifs is 1. The van der Waals surface area contributed by atoms with Crippen LogP contribution in [-0.2, 0) is 6.42 Å². The molecule has 80 valence electrons. The quantitative estimate of drug-likeness (QED) is 0.726. The Bertz CT molecular complexity index is 516. The third-order valence-corrected chi connectivity index (χ3v) is 3.16. The van der Waals surface area contributed by atoms with E-state index in [1.54, 1.807) is 12.5 Å². The maximum Gasteiger partial charge on any atom is 0.185 e. The van der Waals surface area contributed by atoms with Gasteiger partial charge in [0.1, 0.15) is 0 Å². The van der Waals surface area contributed by atoms with E-state index in [1.165, 1.54) is 5.56 Å². The molecule has 0 saturated heterocycles. The van der Waals surface area contributed by atoms with E-state index in [1.807, 2.05) is 35.0 Å². The molecule has 0 spiro atoms. The standard InChI is InChI=1S/C13H12N2O/c16-13-11-4-2-1-3-10(11)5-6-12(13)15-8-7-14-9-15/h1-4,7-9,12H,5-6H2/t12-/m0/s1. The molecule has 0 saturated carbocycles. The second kappa shape index (κ2) is 3.59. The Hall–Kier alpha value is -1.90. The van der Waals surface area contributed by atoms with Crippen LogP contribution in [-0.4, -0.2) is 15.3 Å². The van der Waals surface area contributed by atoms with Crippen molar-refractivity contribution in [2.75, 3.05) is 0 Å². The predicted octanol–water partition coefficient (Wildman–Crippen LogP) is 2.25. The van der Waals surface area contributed by atoms with E-state index in [-0.39, 0.29) is 11.8 Å². The zero-order valence-corrected chi connectivity index (χ0v) is 8.84. The monoisotopic (exact) mass is 212 g/mol. The third kappa shape index (κ3) is 1.36. The molecular formula is C13H12N2O. The molecule has 1 aliphatic carbocycles. The molecule has 3 nitrogen and oxygen atoms in total. The molecule has 1 aliphatic rings. The number of hydrogen-bond donors (Lipinski definition) is 0. The van der Waals surface area contributed by atoms with Crippen molar-refractivity contribution in [1.29, 1.82) is 0 Å². The molecule has 1 aromatic heterocycles. The summed E-state index contributed by atoms with van der Waals surface area (Å²) in [5.41, 5.74) is 2.04. The number of nitrogens with zero attached hydrogens (tertiary/aromatic N) is 2. The average molecular weight is 212 g/mol. The minimum absolute atomic E-state index is 0.0719. The van der Waals surface area contributed by atoms with Crippen molar-refractivity contribution in [3.63, 3.8) is 0 Å². The van der Waals surface area contributed by atoms with Crippen LogP contribution in [0.5, 0.6) is 0 Å². The Labute approximate surface area is 93.7 Å². The van der Waals surface area contributed by atoms with E-state index >= 15 is 0 Å².